The molecule has 2 bridgehead atoms. The first-order valence-corrected chi connectivity index (χ1v) is 10.1. The van der Waals surface area contributed by atoms with Crippen molar-refractivity contribution in [3.63, 3.8) is 0 Å². The molecule has 3 aliphatic rings. The van der Waals surface area contributed by atoms with Crippen LogP contribution in [0, 0.1) is 37.5 Å². The summed E-state index contributed by atoms with van der Waals surface area (Å²) in [7, 11) is 0. The van der Waals surface area contributed by atoms with Crippen LogP contribution in [0.5, 0.6) is 0 Å². The van der Waals surface area contributed by atoms with E-state index in [0.29, 0.717) is 11.8 Å². The number of likely N-dealkylation sites (tertiary alicyclic amines) is 1. The first kappa shape index (κ1) is 17.7. The van der Waals surface area contributed by atoms with Gasteiger partial charge in [0.05, 0.1) is 11.8 Å². The number of rotatable bonds is 4. The molecule has 3 fully saturated rings. The molecule has 1 saturated heterocycles. The molecular weight excluding hydrogens is 396 g/mol. The van der Waals surface area contributed by atoms with Crippen LogP contribution < -0.4 is 5.32 Å². The number of nitrogens with one attached hydrogen (secondary N) is 1. The molecular formula is C20H23BrN2O3. The summed E-state index contributed by atoms with van der Waals surface area (Å²) in [6, 6.07) is 3.76. The van der Waals surface area contributed by atoms with Gasteiger partial charge in [0.1, 0.15) is 0 Å². The highest BCUT2D eigenvalue weighted by Crippen LogP contribution is 2.56. The Morgan fingerprint density at radius 1 is 1.12 bits per heavy atom. The summed E-state index contributed by atoms with van der Waals surface area (Å²) in [6.45, 7) is 4.13. The Labute approximate surface area is 161 Å². The molecule has 4 atom stereocenters. The van der Waals surface area contributed by atoms with Gasteiger partial charge in [-0.3, -0.25) is 19.3 Å². The van der Waals surface area contributed by atoms with E-state index in [1.165, 1.54) is 4.90 Å². The number of imide groups is 1. The number of carbonyl (C=O) groups excluding carboxylic acids is 3. The van der Waals surface area contributed by atoms with Crippen LogP contribution in [0.3, 0.4) is 0 Å². The Bertz CT molecular complexity index is 778. The molecule has 138 valence electrons. The van der Waals surface area contributed by atoms with Crippen LogP contribution in [0.2, 0.25) is 0 Å². The molecule has 6 heteroatoms. The number of benzene rings is 1. The fourth-order valence-electron chi connectivity index (χ4n) is 5.04. The Kier molecular flexibility index (Phi) is 4.41. The predicted octanol–water partition coefficient (Wildman–Crippen LogP) is 3.43. The number of hydrogen-bond donors (Lipinski definition) is 1. The molecule has 0 spiro atoms. The smallest absolute Gasteiger partial charge is 0.233 e. The van der Waals surface area contributed by atoms with Gasteiger partial charge in [-0.15, -0.1) is 0 Å². The molecule has 26 heavy (non-hydrogen) atoms. The second kappa shape index (κ2) is 6.48. The van der Waals surface area contributed by atoms with Crippen molar-refractivity contribution in [3.8, 4) is 0 Å². The van der Waals surface area contributed by atoms with Gasteiger partial charge in [-0.05, 0) is 68.2 Å². The average Bonchev–Trinajstić information content (AvgIpc) is 3.28. The highest BCUT2D eigenvalue weighted by atomic mass is 79.9. The quantitative estimate of drug-likeness (QED) is 0.761. The SMILES string of the molecule is Cc1c(Br)ccc(NC(=O)CCN2C(=O)[C@@H]3[C@@H]4CC[C@H](C4)[C@@H]3C2=O)c1C. The fourth-order valence-corrected chi connectivity index (χ4v) is 5.47. The van der Waals surface area contributed by atoms with Crippen LogP contribution in [-0.4, -0.2) is 29.2 Å². The summed E-state index contributed by atoms with van der Waals surface area (Å²) in [6.07, 6.45) is 3.31. The predicted molar refractivity (Wildman–Crippen MR) is 101 cm³/mol. The summed E-state index contributed by atoms with van der Waals surface area (Å²) in [5.74, 6) is 0.283. The van der Waals surface area contributed by atoms with E-state index in [4.69, 9.17) is 0 Å². The van der Waals surface area contributed by atoms with Crippen LogP contribution in [0.25, 0.3) is 0 Å². The van der Waals surface area contributed by atoms with Crippen molar-refractivity contribution in [3.05, 3.63) is 27.7 Å². The molecule has 1 heterocycles. The number of anilines is 1. The number of halogens is 1. The zero-order valence-corrected chi connectivity index (χ0v) is 16.6. The Morgan fingerprint density at radius 2 is 1.73 bits per heavy atom. The van der Waals surface area contributed by atoms with E-state index >= 15 is 0 Å². The number of hydrogen-bond acceptors (Lipinski definition) is 3. The van der Waals surface area contributed by atoms with E-state index in [-0.39, 0.29) is 42.5 Å². The molecule has 1 N–H and O–H groups in total. The van der Waals surface area contributed by atoms with Crippen LogP contribution in [0.4, 0.5) is 5.69 Å². The molecule has 2 aliphatic carbocycles. The van der Waals surface area contributed by atoms with Crippen molar-refractivity contribution in [2.45, 2.75) is 39.5 Å². The lowest BCUT2D eigenvalue weighted by molar-refractivity contribution is -0.140. The van der Waals surface area contributed by atoms with Crippen LogP contribution in [0.1, 0.15) is 36.8 Å². The van der Waals surface area contributed by atoms with E-state index in [9.17, 15) is 14.4 Å². The molecule has 1 aromatic carbocycles. The average molecular weight is 419 g/mol. The third-order valence-corrected chi connectivity index (χ3v) is 7.44. The third-order valence-electron chi connectivity index (χ3n) is 6.58. The summed E-state index contributed by atoms with van der Waals surface area (Å²) in [5.41, 5.74) is 2.85. The molecule has 1 aromatic rings. The minimum atomic E-state index is -0.171. The Hall–Kier alpha value is -1.69. The van der Waals surface area contributed by atoms with Gasteiger partial charge in [-0.1, -0.05) is 15.9 Å². The van der Waals surface area contributed by atoms with Crippen LogP contribution in [0.15, 0.2) is 16.6 Å². The molecule has 3 amide bonds. The molecule has 5 nitrogen and oxygen atoms in total. The van der Waals surface area contributed by atoms with Crippen molar-refractivity contribution < 1.29 is 14.4 Å². The second-order valence-corrected chi connectivity index (χ2v) is 8.71. The molecule has 4 rings (SSSR count). The lowest BCUT2D eigenvalue weighted by Gasteiger charge is -2.19. The monoisotopic (exact) mass is 418 g/mol. The van der Waals surface area contributed by atoms with Crippen molar-refractivity contribution in [2.24, 2.45) is 23.7 Å². The zero-order valence-electron chi connectivity index (χ0n) is 15.0. The van der Waals surface area contributed by atoms with Gasteiger partial charge in [0.15, 0.2) is 0 Å². The first-order valence-electron chi connectivity index (χ1n) is 9.29. The van der Waals surface area contributed by atoms with Crippen LogP contribution >= 0.6 is 15.9 Å². The molecule has 0 aromatic heterocycles. The number of fused-ring (bicyclic) bond motifs is 5. The largest absolute Gasteiger partial charge is 0.326 e. The standard InChI is InChI=1S/C20H23BrN2O3/c1-10-11(2)15(6-5-14(10)21)22-16(24)7-8-23-19(25)17-12-3-4-13(9-12)18(17)20(23)26/h5-6,12-13,17-18H,3-4,7-9H2,1-2H3,(H,22,24)/t12-,13-,17-,18+/m1/s1. The van der Waals surface area contributed by atoms with Gasteiger partial charge in [-0.25, -0.2) is 0 Å². The lowest BCUT2D eigenvalue weighted by Crippen LogP contribution is -2.35. The molecule has 0 unspecified atom stereocenters. The first-order chi connectivity index (χ1) is 12.4. The van der Waals surface area contributed by atoms with E-state index in [1.54, 1.807) is 0 Å². The van der Waals surface area contributed by atoms with Gasteiger partial charge >= 0.3 is 0 Å². The Balaban J connectivity index is 1.39. The van der Waals surface area contributed by atoms with E-state index in [1.807, 2.05) is 26.0 Å². The number of nitrogens with zero attached hydrogens (tertiary/aromatic N) is 1. The normalized spacial score (nSPS) is 29.4. The molecule has 2 saturated carbocycles. The van der Waals surface area contributed by atoms with E-state index in [2.05, 4.69) is 21.2 Å². The van der Waals surface area contributed by atoms with E-state index in [0.717, 1.165) is 40.5 Å². The van der Waals surface area contributed by atoms with E-state index < -0.39 is 0 Å². The minimum absolute atomic E-state index is 0.0457. The van der Waals surface area contributed by atoms with Crippen molar-refractivity contribution in [2.75, 3.05) is 11.9 Å². The summed E-state index contributed by atoms with van der Waals surface area (Å²) < 4.78 is 1.00. The fraction of sp³-hybridized carbons (Fsp3) is 0.550. The Morgan fingerprint density at radius 3 is 2.35 bits per heavy atom. The maximum absolute atomic E-state index is 12.7. The van der Waals surface area contributed by atoms with Gasteiger partial charge < -0.3 is 5.32 Å². The third kappa shape index (κ3) is 2.70. The number of carbonyl (C=O) groups is 3. The highest BCUT2D eigenvalue weighted by Gasteiger charge is 2.60. The lowest BCUT2D eigenvalue weighted by atomic mass is 9.81. The topological polar surface area (TPSA) is 66.5 Å². The van der Waals surface area contributed by atoms with Gasteiger partial charge in [-0.2, -0.15) is 0 Å². The van der Waals surface area contributed by atoms with Crippen LogP contribution in [-0.2, 0) is 14.4 Å². The molecule has 0 radical (unpaired) electrons. The molecule has 1 aliphatic heterocycles. The number of amides is 3. The maximum Gasteiger partial charge on any atom is 0.233 e. The second-order valence-electron chi connectivity index (χ2n) is 7.86. The van der Waals surface area contributed by atoms with Crippen molar-refractivity contribution >= 4 is 39.3 Å². The van der Waals surface area contributed by atoms with Crippen molar-refractivity contribution in [1.29, 1.82) is 0 Å². The summed E-state index contributed by atoms with van der Waals surface area (Å²) >= 11 is 3.48. The summed E-state index contributed by atoms with van der Waals surface area (Å²) in [4.78, 5) is 39.0. The highest BCUT2D eigenvalue weighted by molar-refractivity contribution is 9.10. The zero-order chi connectivity index (χ0) is 18.6. The van der Waals surface area contributed by atoms with Gasteiger partial charge in [0, 0.05) is 23.1 Å². The van der Waals surface area contributed by atoms with Gasteiger partial charge in [0.2, 0.25) is 17.7 Å². The minimum Gasteiger partial charge on any atom is -0.326 e. The summed E-state index contributed by atoms with van der Waals surface area (Å²) in [5, 5.41) is 2.90. The van der Waals surface area contributed by atoms with Gasteiger partial charge in [0.25, 0.3) is 0 Å². The maximum atomic E-state index is 12.7. The van der Waals surface area contributed by atoms with Crippen molar-refractivity contribution in [1.82, 2.24) is 4.90 Å².